The summed E-state index contributed by atoms with van der Waals surface area (Å²) in [6, 6.07) is 21.1. The molecule has 0 aromatic heterocycles. The van der Waals surface area contributed by atoms with Gasteiger partial charge in [0.25, 0.3) is 8.32 Å². The van der Waals surface area contributed by atoms with Crippen LogP contribution in [0.4, 0.5) is 0 Å². The molecule has 2 aromatic rings. The average Bonchev–Trinajstić information content (AvgIpc) is 2.47. The standard InChI is InChI=1S/C19H26OSi2/c1-21(2,3)16-19(17-12-8-6-9-13-17)20-22(4,5)18-14-10-7-11-15-18/h6-16H,1-5H3/b19-16+. The number of benzene rings is 2. The number of hydrogen-bond donors (Lipinski definition) is 0. The molecule has 0 unspecified atom stereocenters. The minimum absolute atomic E-state index is 1.06. The molecule has 0 heterocycles. The van der Waals surface area contributed by atoms with Gasteiger partial charge in [-0.15, -0.1) is 0 Å². The fourth-order valence-corrected chi connectivity index (χ4v) is 5.31. The van der Waals surface area contributed by atoms with Crippen molar-refractivity contribution >= 4 is 27.3 Å². The molecule has 0 amide bonds. The Bertz CT molecular complexity index is 625. The summed E-state index contributed by atoms with van der Waals surface area (Å²) in [5.41, 5.74) is 3.56. The van der Waals surface area contributed by atoms with Gasteiger partial charge in [-0.2, -0.15) is 0 Å². The molecule has 0 radical (unpaired) electrons. The quantitative estimate of drug-likeness (QED) is 0.553. The zero-order valence-electron chi connectivity index (χ0n) is 14.3. The van der Waals surface area contributed by atoms with Crippen LogP contribution in [-0.4, -0.2) is 16.4 Å². The summed E-state index contributed by atoms with van der Waals surface area (Å²) in [5, 5.41) is 1.33. The summed E-state index contributed by atoms with van der Waals surface area (Å²) >= 11 is 0. The monoisotopic (exact) mass is 326 g/mol. The van der Waals surface area contributed by atoms with Crippen LogP contribution in [0.25, 0.3) is 5.76 Å². The van der Waals surface area contributed by atoms with E-state index in [4.69, 9.17) is 4.43 Å². The predicted molar refractivity (Wildman–Crippen MR) is 102 cm³/mol. The lowest BCUT2D eigenvalue weighted by molar-refractivity contribution is 0.522. The van der Waals surface area contributed by atoms with Gasteiger partial charge in [-0.1, -0.05) is 86.0 Å². The maximum atomic E-state index is 6.62. The molecule has 0 fully saturated rings. The lowest BCUT2D eigenvalue weighted by atomic mass is 10.2. The van der Waals surface area contributed by atoms with Crippen molar-refractivity contribution in [3.05, 3.63) is 71.9 Å². The molecule has 0 N–H and O–H groups in total. The third-order valence-electron chi connectivity index (χ3n) is 3.46. The minimum Gasteiger partial charge on any atom is -0.540 e. The molecule has 1 nitrogen and oxygen atoms in total. The summed E-state index contributed by atoms with van der Waals surface area (Å²) < 4.78 is 6.62. The van der Waals surface area contributed by atoms with E-state index < -0.39 is 16.4 Å². The Morgan fingerprint density at radius 1 is 0.773 bits per heavy atom. The third kappa shape index (κ3) is 4.71. The molecule has 2 aromatic carbocycles. The molecular weight excluding hydrogens is 300 g/mol. The second-order valence-corrected chi connectivity index (χ2v) is 16.0. The first kappa shape index (κ1) is 16.8. The topological polar surface area (TPSA) is 9.23 Å². The van der Waals surface area contributed by atoms with E-state index in [0.29, 0.717) is 0 Å². The van der Waals surface area contributed by atoms with Gasteiger partial charge in [0.15, 0.2) is 0 Å². The van der Waals surface area contributed by atoms with Crippen molar-refractivity contribution in [1.82, 2.24) is 0 Å². The maximum absolute atomic E-state index is 6.62. The lowest BCUT2D eigenvalue weighted by Gasteiger charge is -2.28. The Labute approximate surface area is 136 Å². The van der Waals surface area contributed by atoms with E-state index in [-0.39, 0.29) is 0 Å². The van der Waals surface area contributed by atoms with Gasteiger partial charge in [0, 0.05) is 5.56 Å². The van der Waals surface area contributed by atoms with Crippen LogP contribution in [0.1, 0.15) is 5.56 Å². The lowest BCUT2D eigenvalue weighted by Crippen LogP contribution is -2.44. The summed E-state index contributed by atoms with van der Waals surface area (Å²) in [7, 11) is -3.34. The fourth-order valence-electron chi connectivity index (χ4n) is 2.34. The molecule has 0 bridgehead atoms. The van der Waals surface area contributed by atoms with E-state index >= 15 is 0 Å². The largest absolute Gasteiger partial charge is 0.540 e. The van der Waals surface area contributed by atoms with Crippen molar-refractivity contribution in [2.24, 2.45) is 0 Å². The van der Waals surface area contributed by atoms with Crippen molar-refractivity contribution in [3.8, 4) is 0 Å². The zero-order chi connectivity index (χ0) is 16.2. The Morgan fingerprint density at radius 2 is 1.27 bits per heavy atom. The zero-order valence-corrected chi connectivity index (χ0v) is 16.3. The molecule has 3 heteroatoms. The first-order chi connectivity index (χ1) is 10.3. The van der Waals surface area contributed by atoms with E-state index in [0.717, 1.165) is 5.76 Å². The SMILES string of the molecule is C[Si](C)(C)/C=C(/O[Si](C)(C)c1ccccc1)c1ccccc1. The van der Waals surface area contributed by atoms with Crippen LogP contribution >= 0.6 is 0 Å². The van der Waals surface area contributed by atoms with Gasteiger partial charge < -0.3 is 4.43 Å². The highest BCUT2D eigenvalue weighted by Gasteiger charge is 2.29. The van der Waals surface area contributed by atoms with Crippen molar-refractivity contribution in [3.63, 3.8) is 0 Å². The summed E-state index contributed by atoms with van der Waals surface area (Å²) in [4.78, 5) is 0. The first-order valence-electron chi connectivity index (χ1n) is 7.81. The van der Waals surface area contributed by atoms with Crippen molar-refractivity contribution < 1.29 is 4.43 Å². The van der Waals surface area contributed by atoms with E-state index in [1.807, 2.05) is 0 Å². The molecule has 116 valence electrons. The van der Waals surface area contributed by atoms with Crippen molar-refractivity contribution in [1.29, 1.82) is 0 Å². The Morgan fingerprint density at radius 3 is 1.77 bits per heavy atom. The third-order valence-corrected chi connectivity index (χ3v) is 7.04. The molecule has 0 aliphatic rings. The highest BCUT2D eigenvalue weighted by atomic mass is 28.4. The Balaban J connectivity index is 2.38. The Kier molecular flexibility index (Phi) is 5.09. The predicted octanol–water partition coefficient (Wildman–Crippen LogP) is 5.03. The van der Waals surface area contributed by atoms with Gasteiger partial charge in [0.1, 0.15) is 5.76 Å². The van der Waals surface area contributed by atoms with Gasteiger partial charge >= 0.3 is 0 Å². The second kappa shape index (κ2) is 6.67. The highest BCUT2D eigenvalue weighted by molar-refractivity contribution is 6.85. The van der Waals surface area contributed by atoms with Gasteiger partial charge in [-0.05, 0) is 18.3 Å². The molecule has 0 saturated carbocycles. The molecule has 0 aliphatic carbocycles. The summed E-state index contributed by atoms with van der Waals surface area (Å²) in [6.07, 6.45) is 0. The van der Waals surface area contributed by atoms with Crippen molar-refractivity contribution in [2.45, 2.75) is 32.7 Å². The summed E-state index contributed by atoms with van der Waals surface area (Å²) in [6.45, 7) is 11.6. The van der Waals surface area contributed by atoms with Crippen LogP contribution in [-0.2, 0) is 4.43 Å². The molecule has 0 atom stereocenters. The van der Waals surface area contributed by atoms with E-state index in [9.17, 15) is 0 Å². The highest BCUT2D eigenvalue weighted by Crippen LogP contribution is 2.23. The fraction of sp³-hybridized carbons (Fsp3) is 0.263. The molecule has 0 saturated heterocycles. The van der Waals surface area contributed by atoms with Crippen molar-refractivity contribution in [2.75, 3.05) is 0 Å². The smallest absolute Gasteiger partial charge is 0.276 e. The molecule has 2 rings (SSSR count). The molecule has 22 heavy (non-hydrogen) atoms. The molecular formula is C19H26OSi2. The normalized spacial score (nSPS) is 13.0. The van der Waals surface area contributed by atoms with Crippen LogP contribution in [0, 0.1) is 0 Å². The molecule has 0 spiro atoms. The van der Waals surface area contributed by atoms with Gasteiger partial charge in [-0.25, -0.2) is 0 Å². The van der Waals surface area contributed by atoms with E-state index in [1.165, 1.54) is 10.8 Å². The second-order valence-electron chi connectivity index (χ2n) is 7.22. The Hall–Kier alpha value is -1.59. The minimum atomic E-state index is -1.97. The maximum Gasteiger partial charge on any atom is 0.276 e. The number of rotatable bonds is 5. The van der Waals surface area contributed by atoms with Gasteiger partial charge in [-0.3, -0.25) is 0 Å². The van der Waals surface area contributed by atoms with Crippen LogP contribution in [0.15, 0.2) is 66.4 Å². The number of hydrogen-bond acceptors (Lipinski definition) is 1. The van der Waals surface area contributed by atoms with Gasteiger partial charge in [0.05, 0.1) is 8.07 Å². The van der Waals surface area contributed by atoms with Crippen LogP contribution in [0.5, 0.6) is 0 Å². The first-order valence-corrected chi connectivity index (χ1v) is 14.3. The van der Waals surface area contributed by atoms with Crippen LogP contribution < -0.4 is 5.19 Å². The van der Waals surface area contributed by atoms with Crippen LogP contribution in [0.2, 0.25) is 32.7 Å². The average molecular weight is 327 g/mol. The van der Waals surface area contributed by atoms with E-state index in [2.05, 4.69) is 99.1 Å². The molecule has 0 aliphatic heterocycles. The van der Waals surface area contributed by atoms with E-state index in [1.54, 1.807) is 0 Å². The summed E-state index contributed by atoms with van der Waals surface area (Å²) in [5.74, 6) is 1.06. The van der Waals surface area contributed by atoms with Gasteiger partial charge in [0.2, 0.25) is 0 Å². The van der Waals surface area contributed by atoms with Crippen LogP contribution in [0.3, 0.4) is 0 Å².